The largest absolute Gasteiger partial charge is 0.496 e. The average Bonchev–Trinajstić information content (AvgIpc) is 2.25. The first kappa shape index (κ1) is 14.0. The van der Waals surface area contributed by atoms with Crippen LogP contribution in [0, 0.1) is 0 Å². The van der Waals surface area contributed by atoms with Crippen molar-refractivity contribution in [2.24, 2.45) is 0 Å². The minimum Gasteiger partial charge on any atom is -0.496 e. The molecule has 0 heterocycles. The summed E-state index contributed by atoms with van der Waals surface area (Å²) in [5, 5.41) is 9.30. The Hall–Kier alpha value is -1.06. The lowest BCUT2D eigenvalue weighted by Gasteiger charge is -2.15. The molecule has 3 heteroatoms. The van der Waals surface area contributed by atoms with E-state index in [1.807, 2.05) is 27.1 Å². The number of hydrogen-bond donors (Lipinski definition) is 1. The van der Waals surface area contributed by atoms with E-state index in [0.29, 0.717) is 0 Å². The Balaban J connectivity index is 2.80. The van der Waals surface area contributed by atoms with Crippen LogP contribution in [0.1, 0.15) is 24.5 Å². The Morgan fingerprint density at radius 3 is 2.59 bits per heavy atom. The van der Waals surface area contributed by atoms with Gasteiger partial charge in [-0.05, 0) is 45.5 Å². The molecule has 0 bridgehead atoms. The van der Waals surface area contributed by atoms with Gasteiger partial charge in [0.05, 0.1) is 13.2 Å². The summed E-state index contributed by atoms with van der Waals surface area (Å²) in [5.41, 5.74) is 2.45. The van der Waals surface area contributed by atoms with E-state index in [1.165, 1.54) is 11.1 Å². The van der Waals surface area contributed by atoms with Gasteiger partial charge in [-0.15, -0.1) is 0 Å². The number of aliphatic hydroxyl groups is 1. The van der Waals surface area contributed by atoms with Crippen molar-refractivity contribution in [1.29, 1.82) is 0 Å². The fourth-order valence-electron chi connectivity index (χ4n) is 1.83. The summed E-state index contributed by atoms with van der Waals surface area (Å²) in [7, 11) is 5.79. The van der Waals surface area contributed by atoms with Gasteiger partial charge in [0.15, 0.2) is 0 Å². The second kappa shape index (κ2) is 6.62. The summed E-state index contributed by atoms with van der Waals surface area (Å²) < 4.78 is 5.35. The van der Waals surface area contributed by atoms with E-state index in [0.717, 1.165) is 25.1 Å². The minimum atomic E-state index is -0.241. The third-order valence-electron chi connectivity index (χ3n) is 2.68. The molecule has 0 aliphatic heterocycles. The molecular weight excluding hydrogens is 214 g/mol. The summed E-state index contributed by atoms with van der Waals surface area (Å²) in [5.74, 6) is 0.930. The van der Waals surface area contributed by atoms with Crippen LogP contribution in [0.5, 0.6) is 5.75 Å². The van der Waals surface area contributed by atoms with Crippen LogP contribution in [0.4, 0.5) is 0 Å². The molecule has 0 radical (unpaired) electrons. The first-order valence-corrected chi connectivity index (χ1v) is 6.01. The zero-order chi connectivity index (χ0) is 12.8. The van der Waals surface area contributed by atoms with Crippen molar-refractivity contribution in [2.75, 3.05) is 21.2 Å². The molecule has 0 saturated carbocycles. The smallest absolute Gasteiger partial charge is 0.123 e. The van der Waals surface area contributed by atoms with Crippen LogP contribution < -0.4 is 4.74 Å². The predicted octanol–water partition coefficient (Wildman–Crippen LogP) is 2.07. The third kappa shape index (κ3) is 4.75. The number of nitrogens with zero attached hydrogens (tertiary/aromatic N) is 1. The van der Waals surface area contributed by atoms with Crippen molar-refractivity contribution < 1.29 is 9.84 Å². The van der Waals surface area contributed by atoms with E-state index in [4.69, 9.17) is 4.74 Å². The van der Waals surface area contributed by atoms with E-state index < -0.39 is 0 Å². The van der Waals surface area contributed by atoms with Crippen molar-refractivity contribution in [2.45, 2.75) is 32.4 Å². The van der Waals surface area contributed by atoms with E-state index in [2.05, 4.69) is 17.0 Å². The molecule has 0 aliphatic carbocycles. The van der Waals surface area contributed by atoms with Crippen LogP contribution in [0.2, 0.25) is 0 Å². The van der Waals surface area contributed by atoms with Crippen LogP contribution in [-0.2, 0) is 13.0 Å². The van der Waals surface area contributed by atoms with Crippen LogP contribution in [0.3, 0.4) is 0 Å². The van der Waals surface area contributed by atoms with Crippen molar-refractivity contribution in [3.63, 3.8) is 0 Å². The molecule has 1 aromatic rings. The quantitative estimate of drug-likeness (QED) is 0.822. The number of hydrogen-bond acceptors (Lipinski definition) is 3. The van der Waals surface area contributed by atoms with Crippen molar-refractivity contribution in [3.05, 3.63) is 29.3 Å². The van der Waals surface area contributed by atoms with Crippen molar-refractivity contribution in [1.82, 2.24) is 4.90 Å². The molecule has 1 atom stereocenters. The maximum atomic E-state index is 9.30. The van der Waals surface area contributed by atoms with E-state index in [9.17, 15) is 5.11 Å². The van der Waals surface area contributed by atoms with Gasteiger partial charge in [-0.1, -0.05) is 12.1 Å². The molecule has 0 saturated heterocycles. The number of aryl methyl sites for hydroxylation is 1. The van der Waals surface area contributed by atoms with E-state index in [-0.39, 0.29) is 6.10 Å². The van der Waals surface area contributed by atoms with Gasteiger partial charge < -0.3 is 14.7 Å². The second-order valence-corrected chi connectivity index (χ2v) is 4.77. The standard InChI is InChI=1S/C14H23NO2/c1-11(16)5-6-12-7-8-14(17-4)13(9-12)10-15(2)3/h7-9,11,16H,5-6,10H2,1-4H3/t11-/m1/s1. The number of ether oxygens (including phenoxy) is 1. The molecule has 0 fully saturated rings. The number of methoxy groups -OCH3 is 1. The van der Waals surface area contributed by atoms with Crippen LogP contribution in [0.25, 0.3) is 0 Å². The Kier molecular flexibility index (Phi) is 5.45. The van der Waals surface area contributed by atoms with E-state index >= 15 is 0 Å². The molecule has 96 valence electrons. The van der Waals surface area contributed by atoms with Gasteiger partial charge in [-0.25, -0.2) is 0 Å². The molecule has 1 N–H and O–H groups in total. The van der Waals surface area contributed by atoms with Gasteiger partial charge in [-0.3, -0.25) is 0 Å². The van der Waals surface area contributed by atoms with Gasteiger partial charge in [0.2, 0.25) is 0 Å². The monoisotopic (exact) mass is 237 g/mol. The SMILES string of the molecule is COc1ccc(CC[C@@H](C)O)cc1CN(C)C. The van der Waals surface area contributed by atoms with Crippen LogP contribution >= 0.6 is 0 Å². The topological polar surface area (TPSA) is 32.7 Å². The lowest BCUT2D eigenvalue weighted by atomic mass is 10.0. The molecule has 0 spiro atoms. The number of rotatable bonds is 6. The highest BCUT2D eigenvalue weighted by Crippen LogP contribution is 2.22. The van der Waals surface area contributed by atoms with Crippen molar-refractivity contribution in [3.8, 4) is 5.75 Å². The van der Waals surface area contributed by atoms with Gasteiger partial charge in [0.1, 0.15) is 5.75 Å². The molecule has 3 nitrogen and oxygen atoms in total. The average molecular weight is 237 g/mol. The molecule has 0 aromatic heterocycles. The summed E-state index contributed by atoms with van der Waals surface area (Å²) in [6, 6.07) is 6.25. The predicted molar refractivity (Wildman–Crippen MR) is 70.4 cm³/mol. The third-order valence-corrected chi connectivity index (χ3v) is 2.68. The normalized spacial score (nSPS) is 12.8. The highest BCUT2D eigenvalue weighted by Gasteiger charge is 2.06. The molecule has 0 unspecified atom stereocenters. The summed E-state index contributed by atoms with van der Waals surface area (Å²) in [6.45, 7) is 2.69. The van der Waals surface area contributed by atoms with Gasteiger partial charge in [-0.2, -0.15) is 0 Å². The number of aliphatic hydroxyl groups excluding tert-OH is 1. The lowest BCUT2D eigenvalue weighted by Crippen LogP contribution is -2.12. The molecular formula is C14H23NO2. The van der Waals surface area contributed by atoms with Gasteiger partial charge in [0.25, 0.3) is 0 Å². The maximum absolute atomic E-state index is 9.30. The van der Waals surface area contributed by atoms with Crippen molar-refractivity contribution >= 4 is 0 Å². The molecule has 17 heavy (non-hydrogen) atoms. The molecule has 1 aromatic carbocycles. The molecule has 0 aliphatic rings. The maximum Gasteiger partial charge on any atom is 0.123 e. The van der Waals surface area contributed by atoms with Gasteiger partial charge in [0, 0.05) is 12.1 Å². The summed E-state index contributed by atoms with van der Waals surface area (Å²) >= 11 is 0. The fourth-order valence-corrected chi connectivity index (χ4v) is 1.83. The van der Waals surface area contributed by atoms with E-state index in [1.54, 1.807) is 7.11 Å². The second-order valence-electron chi connectivity index (χ2n) is 4.77. The first-order valence-electron chi connectivity index (χ1n) is 6.01. The van der Waals surface area contributed by atoms with Gasteiger partial charge >= 0.3 is 0 Å². The highest BCUT2D eigenvalue weighted by molar-refractivity contribution is 5.37. The Bertz CT molecular complexity index is 348. The lowest BCUT2D eigenvalue weighted by molar-refractivity contribution is 0.185. The molecule has 0 amide bonds. The zero-order valence-electron chi connectivity index (χ0n) is 11.2. The Morgan fingerprint density at radius 1 is 1.35 bits per heavy atom. The summed E-state index contributed by atoms with van der Waals surface area (Å²) in [6.07, 6.45) is 1.46. The Labute approximate surface area is 104 Å². The number of benzene rings is 1. The highest BCUT2D eigenvalue weighted by atomic mass is 16.5. The minimum absolute atomic E-state index is 0.241. The van der Waals surface area contributed by atoms with Crippen LogP contribution in [0.15, 0.2) is 18.2 Å². The van der Waals surface area contributed by atoms with Crippen LogP contribution in [-0.4, -0.2) is 37.3 Å². The fraction of sp³-hybridized carbons (Fsp3) is 0.571. The Morgan fingerprint density at radius 2 is 2.06 bits per heavy atom. The summed E-state index contributed by atoms with van der Waals surface area (Å²) in [4.78, 5) is 2.12. The molecule has 1 rings (SSSR count). The zero-order valence-corrected chi connectivity index (χ0v) is 11.2. The first-order chi connectivity index (χ1) is 8.02.